The molecule has 0 aromatic heterocycles. The van der Waals surface area contributed by atoms with Gasteiger partial charge in [0.2, 0.25) is 0 Å². The first-order valence-corrected chi connectivity index (χ1v) is 12.4. The van der Waals surface area contributed by atoms with Gasteiger partial charge in [-0.15, -0.1) is 0 Å². The highest BCUT2D eigenvalue weighted by Gasteiger charge is 2.35. The maximum atomic E-state index is 12.2. The summed E-state index contributed by atoms with van der Waals surface area (Å²) in [5.74, 6) is 0.767. The highest BCUT2D eigenvalue weighted by molar-refractivity contribution is 5.70. The molecule has 1 unspecified atom stereocenters. The van der Waals surface area contributed by atoms with Crippen LogP contribution in [0.25, 0.3) is 0 Å². The molecule has 0 bridgehead atoms. The average Bonchev–Trinajstić information content (AvgIpc) is 2.71. The molecule has 182 valence electrons. The van der Waals surface area contributed by atoms with Gasteiger partial charge in [0.1, 0.15) is 11.4 Å². The topological polar surface area (TPSA) is 48.0 Å². The van der Waals surface area contributed by atoms with Crippen molar-refractivity contribution < 1.29 is 19.0 Å². The van der Waals surface area contributed by atoms with Gasteiger partial charge in [0, 0.05) is 18.6 Å². The molecular weight excluding hydrogens is 402 g/mol. The smallest absolute Gasteiger partial charge is 0.307 e. The fourth-order valence-electron chi connectivity index (χ4n) is 3.96. The summed E-state index contributed by atoms with van der Waals surface area (Å²) in [6.45, 7) is 15.1. The van der Waals surface area contributed by atoms with Crippen LogP contribution in [-0.4, -0.2) is 48.3 Å². The quantitative estimate of drug-likeness (QED) is 0.278. The zero-order chi connectivity index (χ0) is 23.6. The number of unbranched alkanes of at least 4 members (excludes halogenated alkanes) is 5. The second-order valence-electron chi connectivity index (χ2n) is 10.6. The summed E-state index contributed by atoms with van der Waals surface area (Å²) in [7, 11) is 0. The van der Waals surface area contributed by atoms with E-state index < -0.39 is 5.60 Å². The number of carbonyl (C=O) groups excluding carboxylic acids is 1. The van der Waals surface area contributed by atoms with E-state index in [4.69, 9.17) is 14.2 Å². The predicted molar refractivity (Wildman–Crippen MR) is 130 cm³/mol. The van der Waals surface area contributed by atoms with E-state index in [0.717, 1.165) is 30.9 Å². The van der Waals surface area contributed by atoms with Gasteiger partial charge in [0.05, 0.1) is 25.7 Å². The van der Waals surface area contributed by atoms with E-state index in [-0.39, 0.29) is 17.6 Å². The van der Waals surface area contributed by atoms with Gasteiger partial charge in [-0.2, -0.15) is 0 Å². The molecule has 1 heterocycles. The van der Waals surface area contributed by atoms with Crippen molar-refractivity contribution in [3.63, 3.8) is 0 Å². The van der Waals surface area contributed by atoms with Crippen molar-refractivity contribution in [1.82, 2.24) is 4.90 Å². The Bertz CT molecular complexity index is 678. The van der Waals surface area contributed by atoms with Crippen LogP contribution in [0.15, 0.2) is 24.3 Å². The molecule has 1 atom stereocenters. The summed E-state index contributed by atoms with van der Waals surface area (Å²) in [5.41, 5.74) is 0.590. The molecule has 0 N–H and O–H groups in total. The Morgan fingerprint density at radius 1 is 1.09 bits per heavy atom. The van der Waals surface area contributed by atoms with Gasteiger partial charge < -0.3 is 14.2 Å². The minimum Gasteiger partial charge on any atom is -0.494 e. The minimum absolute atomic E-state index is 0.00530. The fraction of sp³-hybridized carbons (Fsp3) is 0.741. The number of morpholine rings is 1. The van der Waals surface area contributed by atoms with Crippen LogP contribution in [0.3, 0.4) is 0 Å². The van der Waals surface area contributed by atoms with Gasteiger partial charge in [-0.1, -0.05) is 51.2 Å². The third-order valence-electron chi connectivity index (χ3n) is 5.90. The molecule has 0 saturated carbocycles. The Hall–Kier alpha value is -1.59. The predicted octanol–water partition coefficient (Wildman–Crippen LogP) is 6.31. The number of esters is 1. The van der Waals surface area contributed by atoms with Crippen LogP contribution in [-0.2, 0) is 14.3 Å². The molecule has 2 rings (SSSR count). The first kappa shape index (κ1) is 26.7. The first-order chi connectivity index (χ1) is 15.1. The lowest BCUT2D eigenvalue weighted by Gasteiger charge is -2.45. The lowest BCUT2D eigenvalue weighted by Crippen LogP contribution is -2.54. The normalized spacial score (nSPS) is 19.0. The van der Waals surface area contributed by atoms with Gasteiger partial charge in [-0.25, -0.2) is 0 Å². The zero-order valence-electron chi connectivity index (χ0n) is 21.2. The van der Waals surface area contributed by atoms with E-state index >= 15 is 0 Å². The lowest BCUT2D eigenvalue weighted by molar-refractivity contribution is -0.157. The summed E-state index contributed by atoms with van der Waals surface area (Å²) in [5, 5.41) is 0. The van der Waals surface area contributed by atoms with Crippen molar-refractivity contribution in [2.45, 2.75) is 104 Å². The first-order valence-electron chi connectivity index (χ1n) is 12.4. The summed E-state index contributed by atoms with van der Waals surface area (Å²) in [6, 6.07) is 8.29. The van der Waals surface area contributed by atoms with Crippen LogP contribution in [0.1, 0.15) is 98.2 Å². The van der Waals surface area contributed by atoms with Crippen LogP contribution in [0.4, 0.5) is 0 Å². The lowest BCUT2D eigenvalue weighted by atomic mass is 9.97. The molecule has 0 radical (unpaired) electrons. The molecule has 0 spiro atoms. The molecule has 1 saturated heterocycles. The summed E-state index contributed by atoms with van der Waals surface area (Å²) in [6.07, 6.45) is 7.98. The number of rotatable bonds is 12. The van der Waals surface area contributed by atoms with Crippen LogP contribution in [0, 0.1) is 0 Å². The maximum absolute atomic E-state index is 12.2. The van der Waals surface area contributed by atoms with Crippen molar-refractivity contribution in [2.75, 3.05) is 26.3 Å². The fourth-order valence-corrected chi connectivity index (χ4v) is 3.96. The van der Waals surface area contributed by atoms with E-state index in [1.165, 1.54) is 32.1 Å². The molecule has 0 amide bonds. The Balaban J connectivity index is 1.81. The second kappa shape index (κ2) is 12.6. The molecule has 1 aliphatic rings. The third-order valence-corrected chi connectivity index (χ3v) is 5.90. The monoisotopic (exact) mass is 447 g/mol. The molecule has 5 heteroatoms. The molecule has 1 aromatic rings. The highest BCUT2D eigenvalue weighted by Crippen LogP contribution is 2.31. The number of hydrogen-bond donors (Lipinski definition) is 0. The van der Waals surface area contributed by atoms with E-state index in [2.05, 4.69) is 37.8 Å². The van der Waals surface area contributed by atoms with Gasteiger partial charge in [-0.3, -0.25) is 9.69 Å². The third kappa shape index (κ3) is 9.50. The Labute approximate surface area is 195 Å². The largest absolute Gasteiger partial charge is 0.494 e. The van der Waals surface area contributed by atoms with E-state index in [9.17, 15) is 4.79 Å². The van der Waals surface area contributed by atoms with Crippen LogP contribution in [0.2, 0.25) is 0 Å². The van der Waals surface area contributed by atoms with Crippen molar-refractivity contribution >= 4 is 5.97 Å². The molecular formula is C27H45NO4. The summed E-state index contributed by atoms with van der Waals surface area (Å²) >= 11 is 0. The molecule has 1 fully saturated rings. The van der Waals surface area contributed by atoms with Crippen molar-refractivity contribution in [3.8, 4) is 5.75 Å². The van der Waals surface area contributed by atoms with E-state index in [0.29, 0.717) is 19.6 Å². The van der Waals surface area contributed by atoms with Crippen LogP contribution in [0.5, 0.6) is 5.75 Å². The number of nitrogens with zero attached hydrogens (tertiary/aromatic N) is 1. The number of hydrogen-bond acceptors (Lipinski definition) is 5. The van der Waals surface area contributed by atoms with Crippen LogP contribution < -0.4 is 4.74 Å². The molecule has 1 aliphatic heterocycles. The molecule has 32 heavy (non-hydrogen) atoms. The average molecular weight is 448 g/mol. The SMILES string of the molecule is CCCCCCCCOc1ccc(C2CN(CCC(=O)OC(C)(C)C)C(C)(C)CO2)cc1. The zero-order valence-corrected chi connectivity index (χ0v) is 21.2. The van der Waals surface area contributed by atoms with Crippen molar-refractivity contribution in [2.24, 2.45) is 0 Å². The van der Waals surface area contributed by atoms with E-state index in [1.807, 2.05) is 32.9 Å². The Morgan fingerprint density at radius 2 is 1.75 bits per heavy atom. The number of benzene rings is 1. The van der Waals surface area contributed by atoms with E-state index in [1.54, 1.807) is 0 Å². The summed E-state index contributed by atoms with van der Waals surface area (Å²) < 4.78 is 17.6. The number of ether oxygens (including phenoxy) is 3. The Morgan fingerprint density at radius 3 is 2.41 bits per heavy atom. The van der Waals surface area contributed by atoms with Gasteiger partial charge in [0.15, 0.2) is 0 Å². The Kier molecular flexibility index (Phi) is 10.5. The van der Waals surface area contributed by atoms with Crippen LogP contribution >= 0.6 is 0 Å². The van der Waals surface area contributed by atoms with Crippen molar-refractivity contribution in [1.29, 1.82) is 0 Å². The number of carbonyl (C=O) groups is 1. The summed E-state index contributed by atoms with van der Waals surface area (Å²) in [4.78, 5) is 14.5. The van der Waals surface area contributed by atoms with Crippen molar-refractivity contribution in [3.05, 3.63) is 29.8 Å². The highest BCUT2D eigenvalue weighted by atomic mass is 16.6. The standard InChI is InChI=1S/C27H45NO4/c1-7-8-9-10-11-12-19-30-23-15-13-22(14-16-23)24-20-28(27(5,6)21-31-24)18-17-25(29)32-26(2,3)4/h13-16,24H,7-12,17-21H2,1-6H3. The molecule has 5 nitrogen and oxygen atoms in total. The van der Waals surface area contributed by atoms with Gasteiger partial charge in [0.25, 0.3) is 0 Å². The minimum atomic E-state index is -0.445. The maximum Gasteiger partial charge on any atom is 0.307 e. The van der Waals surface area contributed by atoms with Gasteiger partial charge >= 0.3 is 5.97 Å². The second-order valence-corrected chi connectivity index (χ2v) is 10.6. The van der Waals surface area contributed by atoms with Gasteiger partial charge in [-0.05, 0) is 58.7 Å². The molecule has 1 aromatic carbocycles. The molecule has 0 aliphatic carbocycles.